The lowest BCUT2D eigenvalue weighted by Crippen LogP contribution is -2.60. The van der Waals surface area contributed by atoms with Crippen molar-refractivity contribution in [2.75, 3.05) is 26.2 Å². The van der Waals surface area contributed by atoms with Gasteiger partial charge in [0.15, 0.2) is 0 Å². The van der Waals surface area contributed by atoms with Crippen molar-refractivity contribution in [3.05, 3.63) is 0 Å². The molecule has 0 aliphatic rings. The van der Waals surface area contributed by atoms with Gasteiger partial charge in [-0.15, -0.1) is 0 Å². The van der Waals surface area contributed by atoms with Crippen molar-refractivity contribution in [3.8, 4) is 0 Å². The number of hydrogen-bond acceptors (Lipinski definition) is 10. The smallest absolute Gasteiger partial charge is 0.245 e. The van der Waals surface area contributed by atoms with Gasteiger partial charge in [-0.1, -0.05) is 13.8 Å². The maximum absolute atomic E-state index is 13.1. The topological polar surface area (TPSA) is 273 Å². The zero-order valence-electron chi connectivity index (χ0n) is 25.8. The number of nitrogens with one attached hydrogen (secondary N) is 6. The number of carbonyl (C=O) groups is 6. The number of amides is 6. The molecule has 0 spiro atoms. The average Bonchev–Trinajstić information content (AvgIpc) is 2.92. The highest BCUT2D eigenvalue weighted by molar-refractivity contribution is 5.95. The summed E-state index contributed by atoms with van der Waals surface area (Å²) in [6, 6.07) is -4.59. The lowest BCUT2D eigenvalue weighted by atomic mass is 10.0. The molecular weight excluding hydrogens is 562 g/mol. The van der Waals surface area contributed by atoms with Gasteiger partial charge in [0.05, 0.1) is 6.10 Å². The number of aliphatic hydroxyl groups excluding tert-OH is 1. The Hall–Kier alpha value is -3.34. The minimum absolute atomic E-state index is 0.00347. The Balaban J connectivity index is 5.28. The van der Waals surface area contributed by atoms with Crippen LogP contribution < -0.4 is 49.1 Å². The van der Waals surface area contributed by atoms with Crippen LogP contribution >= 0.6 is 0 Å². The Bertz CT molecular complexity index is 889. The van der Waals surface area contributed by atoms with E-state index in [2.05, 4.69) is 31.9 Å². The van der Waals surface area contributed by atoms with Crippen molar-refractivity contribution in [3.63, 3.8) is 0 Å². The Morgan fingerprint density at radius 1 is 0.721 bits per heavy atom. The maximum Gasteiger partial charge on any atom is 0.245 e. The van der Waals surface area contributed by atoms with Crippen LogP contribution in [0.1, 0.15) is 66.2 Å². The molecule has 0 rings (SSSR count). The number of rotatable bonds is 23. The predicted octanol–water partition coefficient (Wildman–Crippen LogP) is -3.57. The second kappa shape index (κ2) is 22.2. The van der Waals surface area contributed by atoms with Crippen LogP contribution in [0.2, 0.25) is 0 Å². The second-order valence-electron chi connectivity index (χ2n) is 10.9. The van der Waals surface area contributed by atoms with E-state index in [0.717, 1.165) is 0 Å². The van der Waals surface area contributed by atoms with Gasteiger partial charge in [0.2, 0.25) is 35.9 Å². The highest BCUT2D eigenvalue weighted by Gasteiger charge is 2.32. The molecule has 0 radical (unpaired) electrons. The molecule has 0 saturated carbocycles. The van der Waals surface area contributed by atoms with E-state index in [1.54, 1.807) is 0 Å². The molecule has 5 unspecified atom stereocenters. The van der Waals surface area contributed by atoms with Crippen LogP contribution in [0.5, 0.6) is 0 Å². The van der Waals surface area contributed by atoms with Gasteiger partial charge in [0.25, 0.3) is 0 Å². The van der Waals surface area contributed by atoms with E-state index < -0.39 is 53.9 Å². The molecule has 16 heteroatoms. The van der Waals surface area contributed by atoms with Crippen molar-refractivity contribution in [1.82, 2.24) is 31.9 Å². The largest absolute Gasteiger partial charge is 0.391 e. The van der Waals surface area contributed by atoms with Crippen molar-refractivity contribution in [2.24, 2.45) is 23.1 Å². The monoisotopic (exact) mass is 615 g/mol. The summed E-state index contributed by atoms with van der Waals surface area (Å²) in [5.74, 6) is -2.84. The highest BCUT2D eigenvalue weighted by Crippen LogP contribution is 2.06. The normalized spacial score (nSPS) is 15.2. The third-order valence-electron chi connectivity index (χ3n) is 6.42. The maximum atomic E-state index is 13.1. The second-order valence-corrected chi connectivity index (χ2v) is 10.9. The highest BCUT2D eigenvalue weighted by atomic mass is 16.3. The Morgan fingerprint density at radius 3 is 1.70 bits per heavy atom. The van der Waals surface area contributed by atoms with Crippen LogP contribution in [0, 0.1) is 5.92 Å². The Kier molecular flexibility index (Phi) is 20.5. The van der Waals surface area contributed by atoms with Crippen molar-refractivity contribution >= 4 is 35.9 Å². The molecule has 248 valence electrons. The number of nitrogens with two attached hydrogens (primary N) is 3. The number of aliphatic hydroxyl groups is 1. The quantitative estimate of drug-likeness (QED) is 0.0399. The zero-order chi connectivity index (χ0) is 32.9. The zero-order valence-corrected chi connectivity index (χ0v) is 25.8. The predicted molar refractivity (Wildman–Crippen MR) is 161 cm³/mol. The molecule has 0 aromatic heterocycles. The van der Waals surface area contributed by atoms with E-state index in [-0.39, 0.29) is 56.8 Å². The van der Waals surface area contributed by atoms with E-state index in [4.69, 9.17) is 17.2 Å². The van der Waals surface area contributed by atoms with Gasteiger partial charge in [-0.3, -0.25) is 28.8 Å². The minimum Gasteiger partial charge on any atom is -0.391 e. The van der Waals surface area contributed by atoms with Crippen LogP contribution in [-0.2, 0) is 28.8 Å². The molecule has 0 aliphatic carbocycles. The minimum atomic E-state index is -1.35. The summed E-state index contributed by atoms with van der Waals surface area (Å²) in [4.78, 5) is 74.6. The van der Waals surface area contributed by atoms with Crippen LogP contribution in [-0.4, -0.2) is 104 Å². The molecule has 6 atom stereocenters. The summed E-state index contributed by atoms with van der Waals surface area (Å²) < 4.78 is 0. The summed E-state index contributed by atoms with van der Waals surface area (Å²) in [6.45, 7) is 7.52. The first-order chi connectivity index (χ1) is 20.3. The van der Waals surface area contributed by atoms with Crippen molar-refractivity contribution in [1.29, 1.82) is 0 Å². The first kappa shape index (κ1) is 39.7. The van der Waals surface area contributed by atoms with Gasteiger partial charge < -0.3 is 54.2 Å². The average molecular weight is 616 g/mol. The fourth-order valence-corrected chi connectivity index (χ4v) is 4.12. The third-order valence-corrected chi connectivity index (χ3v) is 6.42. The Labute approximate surface area is 253 Å². The van der Waals surface area contributed by atoms with Crippen molar-refractivity contribution < 1.29 is 33.9 Å². The van der Waals surface area contributed by atoms with Gasteiger partial charge in [-0.05, 0) is 71.5 Å². The number of hydrogen-bond donors (Lipinski definition) is 10. The lowest BCUT2D eigenvalue weighted by Gasteiger charge is -2.27. The van der Waals surface area contributed by atoms with Crippen LogP contribution in [0.4, 0.5) is 0 Å². The van der Waals surface area contributed by atoms with Crippen LogP contribution in [0.3, 0.4) is 0 Å². The lowest BCUT2D eigenvalue weighted by molar-refractivity contribution is -0.135. The fraction of sp³-hybridized carbons (Fsp3) is 0.778. The molecule has 43 heavy (non-hydrogen) atoms. The van der Waals surface area contributed by atoms with E-state index in [0.29, 0.717) is 32.2 Å². The van der Waals surface area contributed by atoms with Gasteiger partial charge in [0.1, 0.15) is 24.2 Å². The first-order valence-corrected chi connectivity index (χ1v) is 14.8. The van der Waals surface area contributed by atoms with Gasteiger partial charge >= 0.3 is 0 Å². The van der Waals surface area contributed by atoms with E-state index in [1.807, 2.05) is 20.8 Å². The molecule has 6 amide bonds. The molecule has 0 fully saturated rings. The van der Waals surface area contributed by atoms with Gasteiger partial charge in [-0.25, -0.2) is 0 Å². The Morgan fingerprint density at radius 2 is 1.23 bits per heavy atom. The van der Waals surface area contributed by atoms with E-state index in [1.165, 1.54) is 6.92 Å². The molecule has 0 bridgehead atoms. The molecule has 0 aliphatic heterocycles. The van der Waals surface area contributed by atoms with Crippen LogP contribution in [0.25, 0.3) is 0 Å². The molecule has 13 N–H and O–H groups in total. The molecular formula is C27H53N9O7. The van der Waals surface area contributed by atoms with Crippen molar-refractivity contribution in [2.45, 2.75) is 103 Å². The van der Waals surface area contributed by atoms with Gasteiger partial charge in [-0.2, -0.15) is 0 Å². The third kappa shape index (κ3) is 16.8. The van der Waals surface area contributed by atoms with E-state index >= 15 is 0 Å². The summed E-state index contributed by atoms with van der Waals surface area (Å²) in [5.41, 5.74) is 16.8. The summed E-state index contributed by atoms with van der Waals surface area (Å²) in [5, 5.41) is 25.6. The molecule has 0 aromatic rings. The summed E-state index contributed by atoms with van der Waals surface area (Å²) in [6.07, 6.45) is 0.632. The van der Waals surface area contributed by atoms with E-state index in [9.17, 15) is 33.9 Å². The summed E-state index contributed by atoms with van der Waals surface area (Å²) >= 11 is 0. The molecule has 0 heterocycles. The molecule has 0 saturated heterocycles. The number of carbonyl (C=O) groups excluding carboxylic acids is 6. The molecule has 16 nitrogen and oxygen atoms in total. The summed E-state index contributed by atoms with van der Waals surface area (Å²) in [7, 11) is 0. The fourth-order valence-electron chi connectivity index (χ4n) is 4.12. The first-order valence-electron chi connectivity index (χ1n) is 14.8. The van der Waals surface area contributed by atoms with Crippen LogP contribution in [0.15, 0.2) is 0 Å². The SMILES string of the molecule is CC(C)C[C@H](NC=O)C(=O)NC(CCN)C(=O)NC(CCN)C(=O)NC(C(=O)NCCCC(=O)NC(C)CCN)C(C)O. The van der Waals surface area contributed by atoms with Gasteiger partial charge in [0, 0.05) is 19.0 Å². The molecule has 0 aromatic carbocycles. The standard InChI is InChI=1S/C27H53N9O7/c1-16(2)14-21(32-15-37)26(42)35-19(8-11-29)24(40)34-20(9-12-30)25(41)36-23(18(4)38)27(43)31-13-5-6-22(39)33-17(3)7-10-28/h15-21,23,38H,5-14,28-30H2,1-4H3,(H,31,43)(H,32,37)(H,33,39)(H,34,40)(H,35,42)(H,36,41)/t17?,18?,19?,20?,21-,23?/m0/s1.